The third-order valence-corrected chi connectivity index (χ3v) is 8.47. The van der Waals surface area contributed by atoms with Crippen molar-refractivity contribution in [2.24, 2.45) is 0 Å². The van der Waals surface area contributed by atoms with E-state index in [9.17, 15) is 48.8 Å². The van der Waals surface area contributed by atoms with Crippen molar-refractivity contribution in [3.63, 3.8) is 0 Å². The Morgan fingerprint density at radius 2 is 1.76 bits per heavy atom. The number of carbonyl (C=O) groups excluding carboxylic acids is 1. The van der Waals surface area contributed by atoms with Crippen LogP contribution in [0.3, 0.4) is 0 Å². The SMILES string of the molecule is CS(=O)(=O)c1cccc(CS(=O)(=O)CC(N[C@H](c2ccc(F)cc2F)C(F)(F)F)C(=O)NC2(C#N)CC2)c1. The molecule has 0 aliphatic heterocycles. The quantitative estimate of drug-likeness (QED) is 0.414. The molecule has 0 bridgehead atoms. The minimum atomic E-state index is -5.24. The van der Waals surface area contributed by atoms with E-state index < -0.39 is 78.1 Å². The average molecular weight is 580 g/mol. The number of benzene rings is 2. The Kier molecular flexibility index (Phi) is 8.21. The Hall–Kier alpha value is -3.09. The molecule has 2 aromatic carbocycles. The number of alkyl halides is 3. The summed E-state index contributed by atoms with van der Waals surface area (Å²) in [6, 6.07) is 2.98. The molecule has 2 atom stereocenters. The van der Waals surface area contributed by atoms with Crippen molar-refractivity contribution in [3.8, 4) is 6.07 Å². The van der Waals surface area contributed by atoms with Crippen molar-refractivity contribution >= 4 is 25.6 Å². The highest BCUT2D eigenvalue weighted by atomic mass is 32.2. The largest absolute Gasteiger partial charge is 0.408 e. The number of nitrogens with one attached hydrogen (secondary N) is 2. The summed E-state index contributed by atoms with van der Waals surface area (Å²) in [5.74, 6) is -6.00. The third kappa shape index (κ3) is 7.49. The number of hydrogen-bond acceptors (Lipinski definition) is 7. The first-order valence-electron chi connectivity index (χ1n) is 11.0. The minimum absolute atomic E-state index is 0.000258. The summed E-state index contributed by atoms with van der Waals surface area (Å²) in [4.78, 5) is 12.7. The number of sulfone groups is 2. The van der Waals surface area contributed by atoms with Crippen molar-refractivity contribution in [3.05, 3.63) is 65.2 Å². The number of nitriles is 1. The van der Waals surface area contributed by atoms with E-state index in [1.807, 2.05) is 5.32 Å². The van der Waals surface area contributed by atoms with Crippen LogP contribution in [0.15, 0.2) is 47.4 Å². The van der Waals surface area contributed by atoms with Gasteiger partial charge in [0.25, 0.3) is 0 Å². The van der Waals surface area contributed by atoms with Crippen molar-refractivity contribution in [2.45, 2.75) is 47.3 Å². The molecular formula is C23H22F5N3O5S2. The fourth-order valence-corrected chi connectivity index (χ4v) is 5.89. The Morgan fingerprint density at radius 1 is 1.11 bits per heavy atom. The zero-order chi connectivity index (χ0) is 28.5. The molecule has 0 heterocycles. The molecule has 206 valence electrons. The number of rotatable bonds is 10. The van der Waals surface area contributed by atoms with Gasteiger partial charge in [-0.3, -0.25) is 10.1 Å². The summed E-state index contributed by atoms with van der Waals surface area (Å²) in [6.07, 6.45) is -3.94. The molecule has 3 rings (SSSR count). The molecule has 0 aromatic heterocycles. The van der Waals surface area contributed by atoms with Gasteiger partial charge in [0.15, 0.2) is 19.7 Å². The van der Waals surface area contributed by atoms with Crippen molar-refractivity contribution < 1.29 is 43.6 Å². The van der Waals surface area contributed by atoms with Crippen LogP contribution in [-0.4, -0.2) is 52.5 Å². The second kappa shape index (κ2) is 10.6. The lowest BCUT2D eigenvalue weighted by Crippen LogP contribution is -2.54. The molecule has 15 heteroatoms. The van der Waals surface area contributed by atoms with Gasteiger partial charge in [-0.15, -0.1) is 0 Å². The Bertz CT molecular complexity index is 1480. The van der Waals surface area contributed by atoms with Gasteiger partial charge in [0.05, 0.1) is 22.5 Å². The molecule has 2 N–H and O–H groups in total. The fourth-order valence-electron chi connectivity index (χ4n) is 3.64. The van der Waals surface area contributed by atoms with Crippen LogP contribution >= 0.6 is 0 Å². The normalized spacial score (nSPS) is 16.8. The van der Waals surface area contributed by atoms with E-state index in [1.165, 1.54) is 18.2 Å². The predicted molar refractivity (Wildman–Crippen MR) is 125 cm³/mol. The van der Waals surface area contributed by atoms with E-state index in [4.69, 9.17) is 0 Å². The van der Waals surface area contributed by atoms with E-state index >= 15 is 0 Å². The molecule has 1 amide bonds. The first kappa shape index (κ1) is 29.5. The zero-order valence-corrected chi connectivity index (χ0v) is 21.4. The molecular weight excluding hydrogens is 557 g/mol. The summed E-state index contributed by atoms with van der Waals surface area (Å²) in [7, 11) is -8.09. The topological polar surface area (TPSA) is 133 Å². The van der Waals surface area contributed by atoms with Gasteiger partial charge >= 0.3 is 6.18 Å². The van der Waals surface area contributed by atoms with E-state index in [1.54, 1.807) is 6.07 Å². The lowest BCUT2D eigenvalue weighted by molar-refractivity contribution is -0.161. The van der Waals surface area contributed by atoms with E-state index in [0.717, 1.165) is 12.3 Å². The van der Waals surface area contributed by atoms with Crippen LogP contribution in [0.1, 0.15) is 30.0 Å². The second-order valence-electron chi connectivity index (χ2n) is 9.02. The number of hydrogen-bond donors (Lipinski definition) is 2. The fraction of sp³-hybridized carbons (Fsp3) is 0.391. The smallest absolute Gasteiger partial charge is 0.336 e. The van der Waals surface area contributed by atoms with Gasteiger partial charge in [-0.25, -0.2) is 25.6 Å². The van der Waals surface area contributed by atoms with Crippen molar-refractivity contribution in [1.29, 1.82) is 5.26 Å². The van der Waals surface area contributed by atoms with Crippen LogP contribution in [0.25, 0.3) is 0 Å². The highest BCUT2D eigenvalue weighted by molar-refractivity contribution is 7.91. The van der Waals surface area contributed by atoms with Gasteiger partial charge in [-0.2, -0.15) is 18.4 Å². The van der Waals surface area contributed by atoms with E-state index in [2.05, 4.69) is 5.32 Å². The van der Waals surface area contributed by atoms with Gasteiger partial charge in [-0.05, 0) is 36.6 Å². The molecule has 2 aromatic rings. The highest BCUT2D eigenvalue weighted by Gasteiger charge is 2.48. The summed E-state index contributed by atoms with van der Waals surface area (Å²) >= 11 is 0. The summed E-state index contributed by atoms with van der Waals surface area (Å²) in [6.45, 7) is 0. The Balaban J connectivity index is 1.95. The first-order valence-corrected chi connectivity index (χ1v) is 14.7. The zero-order valence-electron chi connectivity index (χ0n) is 19.7. The first-order chi connectivity index (χ1) is 17.4. The van der Waals surface area contributed by atoms with Crippen molar-refractivity contribution in [1.82, 2.24) is 10.6 Å². The van der Waals surface area contributed by atoms with Gasteiger partial charge < -0.3 is 5.32 Å². The van der Waals surface area contributed by atoms with Crippen LogP contribution in [0.2, 0.25) is 0 Å². The molecule has 1 aliphatic rings. The van der Waals surface area contributed by atoms with Gasteiger partial charge in [0.1, 0.15) is 29.3 Å². The second-order valence-corrected chi connectivity index (χ2v) is 13.1. The monoisotopic (exact) mass is 579 g/mol. The molecule has 1 unspecified atom stereocenters. The maximum Gasteiger partial charge on any atom is 0.408 e. The van der Waals surface area contributed by atoms with Crippen molar-refractivity contribution in [2.75, 3.05) is 12.0 Å². The van der Waals surface area contributed by atoms with Crippen LogP contribution < -0.4 is 10.6 Å². The van der Waals surface area contributed by atoms with Crippen LogP contribution in [0.5, 0.6) is 0 Å². The van der Waals surface area contributed by atoms with Gasteiger partial charge in [0, 0.05) is 17.9 Å². The molecule has 1 saturated carbocycles. The van der Waals surface area contributed by atoms with Gasteiger partial charge in [0.2, 0.25) is 5.91 Å². The maximum absolute atomic E-state index is 14.3. The molecule has 1 fully saturated rings. The maximum atomic E-state index is 14.3. The number of amides is 1. The number of nitrogens with zero attached hydrogens (tertiary/aromatic N) is 1. The predicted octanol–water partition coefficient (Wildman–Crippen LogP) is 2.72. The summed E-state index contributed by atoms with van der Waals surface area (Å²) in [5, 5.41) is 13.3. The lowest BCUT2D eigenvalue weighted by atomic mass is 10.0. The molecule has 0 spiro atoms. The average Bonchev–Trinajstić information content (AvgIpc) is 3.55. The Labute approximate surface area is 215 Å². The van der Waals surface area contributed by atoms with Gasteiger partial charge in [-0.1, -0.05) is 18.2 Å². The minimum Gasteiger partial charge on any atom is -0.336 e. The molecule has 0 saturated heterocycles. The van der Waals surface area contributed by atoms with Crippen LogP contribution in [-0.2, 0) is 30.2 Å². The standard InChI is InChI=1S/C23H22F5N3O5S2/c1-37(33,34)16-4-2-3-14(9-16)11-38(35,36)12-19(21(32)31-22(13-29)7-8-22)30-20(23(26,27)28)17-6-5-15(24)10-18(17)25/h2-6,9-10,19-20,30H,7-8,11-12H2,1H3,(H,31,32)/t19?,20-/m1/s1. The van der Waals surface area contributed by atoms with Crippen LogP contribution in [0.4, 0.5) is 22.0 Å². The molecule has 38 heavy (non-hydrogen) atoms. The number of halogens is 5. The summed E-state index contributed by atoms with van der Waals surface area (Å²) in [5.41, 5.74) is -2.43. The summed E-state index contributed by atoms with van der Waals surface area (Å²) < 4.78 is 119. The molecule has 0 radical (unpaired) electrons. The van der Waals surface area contributed by atoms with Crippen LogP contribution in [0, 0.1) is 23.0 Å². The molecule has 1 aliphatic carbocycles. The molecule has 8 nitrogen and oxygen atoms in total. The number of carbonyl (C=O) groups is 1. The van der Waals surface area contributed by atoms with E-state index in [0.29, 0.717) is 12.1 Å². The Morgan fingerprint density at radius 3 is 2.29 bits per heavy atom. The third-order valence-electron chi connectivity index (χ3n) is 5.75. The lowest BCUT2D eigenvalue weighted by Gasteiger charge is -2.28. The van der Waals surface area contributed by atoms with E-state index in [-0.39, 0.29) is 29.4 Å². The highest BCUT2D eigenvalue weighted by Crippen LogP contribution is 2.36.